The Kier molecular flexibility index (Phi) is 5.18. The van der Waals surface area contributed by atoms with E-state index in [0.29, 0.717) is 18.0 Å². The van der Waals surface area contributed by atoms with Crippen molar-refractivity contribution in [3.63, 3.8) is 0 Å². The molecule has 154 valence electrons. The Bertz CT molecular complexity index is 1290. The number of hydrogen-bond donors (Lipinski definition) is 1. The van der Waals surface area contributed by atoms with Crippen LogP contribution in [0.3, 0.4) is 0 Å². The number of nitrogens with zero attached hydrogens (tertiary/aromatic N) is 7. The Morgan fingerprint density at radius 2 is 1.74 bits per heavy atom. The summed E-state index contributed by atoms with van der Waals surface area (Å²) in [5.41, 5.74) is 5.89. The van der Waals surface area contributed by atoms with Gasteiger partial charge in [-0.2, -0.15) is 0 Å². The van der Waals surface area contributed by atoms with Gasteiger partial charge in [-0.05, 0) is 33.5 Å². The lowest BCUT2D eigenvalue weighted by molar-refractivity contribution is 0.686. The lowest BCUT2D eigenvalue weighted by Crippen LogP contribution is -2.06. The van der Waals surface area contributed by atoms with E-state index >= 15 is 0 Å². The summed E-state index contributed by atoms with van der Waals surface area (Å²) in [6.07, 6.45) is 6.56. The molecule has 3 aromatic heterocycles. The van der Waals surface area contributed by atoms with Crippen LogP contribution in [-0.4, -0.2) is 40.1 Å². The van der Waals surface area contributed by atoms with Gasteiger partial charge in [0.2, 0.25) is 0 Å². The summed E-state index contributed by atoms with van der Waals surface area (Å²) < 4.78 is 2.18. The van der Waals surface area contributed by atoms with Crippen LogP contribution in [0.15, 0.2) is 60.9 Å². The summed E-state index contributed by atoms with van der Waals surface area (Å²) in [6, 6.07) is 16.7. The summed E-state index contributed by atoms with van der Waals surface area (Å²) in [7, 11) is 0. The number of H-pyrrole nitrogens is 1. The van der Waals surface area contributed by atoms with E-state index in [0.717, 1.165) is 47.4 Å². The number of aryl methyl sites for hydroxylation is 1. The number of fused-ring (bicyclic) bond motifs is 1. The minimum atomic E-state index is 0.656. The first-order valence-electron chi connectivity index (χ1n) is 10.4. The molecule has 0 unspecified atom stereocenters. The van der Waals surface area contributed by atoms with E-state index in [1.54, 1.807) is 12.4 Å². The van der Waals surface area contributed by atoms with Crippen molar-refractivity contribution in [1.82, 2.24) is 40.1 Å². The molecule has 2 aromatic carbocycles. The van der Waals surface area contributed by atoms with E-state index < -0.39 is 0 Å². The van der Waals surface area contributed by atoms with Crippen LogP contribution >= 0.6 is 0 Å². The molecule has 3 heterocycles. The molecule has 0 aliphatic heterocycles. The molecule has 0 radical (unpaired) electrons. The molecule has 5 aromatic rings. The average Bonchev–Trinajstić information content (AvgIpc) is 3.47. The molecule has 0 saturated carbocycles. The Hall–Kier alpha value is -3.94. The lowest BCUT2D eigenvalue weighted by Gasteiger charge is -2.11. The predicted octanol–water partition coefficient (Wildman–Crippen LogP) is 4.06. The fourth-order valence-electron chi connectivity index (χ4n) is 3.78. The highest BCUT2D eigenvalue weighted by molar-refractivity contribution is 5.80. The molecule has 0 atom stereocenters. The Morgan fingerprint density at radius 1 is 0.935 bits per heavy atom. The largest absolute Gasteiger partial charge is 0.307 e. The number of tetrazole rings is 1. The Morgan fingerprint density at radius 3 is 2.52 bits per heavy atom. The van der Waals surface area contributed by atoms with Gasteiger partial charge in [-0.1, -0.05) is 61.9 Å². The van der Waals surface area contributed by atoms with Crippen LogP contribution in [0.2, 0.25) is 0 Å². The van der Waals surface area contributed by atoms with Crippen LogP contribution < -0.4 is 0 Å². The van der Waals surface area contributed by atoms with Crippen molar-refractivity contribution in [3.8, 4) is 22.5 Å². The maximum atomic E-state index is 4.72. The molecule has 8 heteroatoms. The van der Waals surface area contributed by atoms with Crippen LogP contribution in [0, 0.1) is 0 Å². The van der Waals surface area contributed by atoms with E-state index in [1.165, 1.54) is 5.56 Å². The molecule has 0 aliphatic rings. The van der Waals surface area contributed by atoms with Gasteiger partial charge >= 0.3 is 0 Å². The molecule has 0 fully saturated rings. The minimum absolute atomic E-state index is 0.656. The zero-order valence-electron chi connectivity index (χ0n) is 17.2. The van der Waals surface area contributed by atoms with Crippen molar-refractivity contribution in [2.24, 2.45) is 0 Å². The van der Waals surface area contributed by atoms with Crippen molar-refractivity contribution in [1.29, 1.82) is 0 Å². The maximum absolute atomic E-state index is 4.72. The standard InChI is InChI=1S/C23H22N8/c1-2-3-8-20-26-22-23(25-14-13-24-22)31(20)15-16-9-11-17(12-10-16)18-6-4-5-7-19(18)21-27-29-30-28-21/h4-7,9-14H,2-3,8,15H2,1H3,(H,27,28,29,30). The predicted molar refractivity (Wildman–Crippen MR) is 118 cm³/mol. The normalized spacial score (nSPS) is 11.3. The van der Waals surface area contributed by atoms with Gasteiger partial charge in [0, 0.05) is 24.4 Å². The molecule has 0 amide bonds. The molecule has 0 saturated heterocycles. The van der Waals surface area contributed by atoms with E-state index in [4.69, 9.17) is 4.98 Å². The third kappa shape index (κ3) is 3.79. The monoisotopic (exact) mass is 410 g/mol. The molecule has 5 rings (SSSR count). The quantitative estimate of drug-likeness (QED) is 0.434. The topological polar surface area (TPSA) is 98.1 Å². The summed E-state index contributed by atoms with van der Waals surface area (Å²) in [4.78, 5) is 13.6. The first-order valence-corrected chi connectivity index (χ1v) is 10.4. The van der Waals surface area contributed by atoms with Gasteiger partial charge in [-0.3, -0.25) is 0 Å². The van der Waals surface area contributed by atoms with Gasteiger partial charge in [0.25, 0.3) is 0 Å². The molecule has 8 nitrogen and oxygen atoms in total. The van der Waals surface area contributed by atoms with Crippen molar-refractivity contribution < 1.29 is 0 Å². The van der Waals surface area contributed by atoms with Crippen molar-refractivity contribution in [3.05, 3.63) is 72.3 Å². The van der Waals surface area contributed by atoms with Gasteiger partial charge in [0.1, 0.15) is 5.82 Å². The van der Waals surface area contributed by atoms with Gasteiger partial charge < -0.3 is 4.57 Å². The van der Waals surface area contributed by atoms with Gasteiger partial charge in [0.05, 0.1) is 6.54 Å². The molecule has 0 spiro atoms. The van der Waals surface area contributed by atoms with Crippen molar-refractivity contribution >= 4 is 11.3 Å². The number of unbranched alkanes of at least 4 members (excludes halogenated alkanes) is 1. The zero-order valence-corrected chi connectivity index (χ0v) is 17.2. The maximum Gasteiger partial charge on any atom is 0.197 e. The molecular formula is C23H22N8. The number of aromatic amines is 1. The second kappa shape index (κ2) is 8.43. The highest BCUT2D eigenvalue weighted by Gasteiger charge is 2.14. The summed E-state index contributed by atoms with van der Waals surface area (Å²) in [5, 5.41) is 14.3. The summed E-state index contributed by atoms with van der Waals surface area (Å²) in [6.45, 7) is 2.90. The van der Waals surface area contributed by atoms with E-state index in [9.17, 15) is 0 Å². The number of rotatable bonds is 7. The average molecular weight is 410 g/mol. The number of nitrogens with one attached hydrogen (secondary N) is 1. The molecule has 0 bridgehead atoms. The van der Waals surface area contributed by atoms with Crippen LogP contribution in [0.25, 0.3) is 33.8 Å². The molecule has 1 N–H and O–H groups in total. The van der Waals surface area contributed by atoms with E-state index in [1.807, 2.05) is 18.2 Å². The number of hydrogen-bond acceptors (Lipinski definition) is 6. The zero-order chi connectivity index (χ0) is 21.0. The number of aromatic nitrogens is 8. The van der Waals surface area contributed by atoms with Gasteiger partial charge in [0.15, 0.2) is 17.1 Å². The Labute approximate surface area is 179 Å². The van der Waals surface area contributed by atoms with Crippen LogP contribution in [0.4, 0.5) is 0 Å². The van der Waals surface area contributed by atoms with Crippen LogP contribution in [0.1, 0.15) is 31.2 Å². The number of benzene rings is 2. The number of imidazole rings is 1. The summed E-state index contributed by atoms with van der Waals surface area (Å²) >= 11 is 0. The Balaban J connectivity index is 1.46. The second-order valence-corrected chi connectivity index (χ2v) is 7.41. The van der Waals surface area contributed by atoms with Gasteiger partial charge in [-0.15, -0.1) is 5.10 Å². The summed E-state index contributed by atoms with van der Waals surface area (Å²) in [5.74, 6) is 1.69. The van der Waals surface area contributed by atoms with Gasteiger partial charge in [-0.25, -0.2) is 20.1 Å². The van der Waals surface area contributed by atoms with Crippen molar-refractivity contribution in [2.45, 2.75) is 32.7 Å². The van der Waals surface area contributed by atoms with Crippen molar-refractivity contribution in [2.75, 3.05) is 0 Å². The van der Waals surface area contributed by atoms with E-state index in [-0.39, 0.29) is 0 Å². The third-order valence-corrected chi connectivity index (χ3v) is 5.35. The molecular weight excluding hydrogens is 388 g/mol. The molecule has 0 aliphatic carbocycles. The smallest absolute Gasteiger partial charge is 0.197 e. The first kappa shape index (κ1) is 19.0. The first-order chi connectivity index (χ1) is 15.3. The minimum Gasteiger partial charge on any atom is -0.307 e. The highest BCUT2D eigenvalue weighted by atomic mass is 15.5. The SMILES string of the molecule is CCCCc1nc2nccnc2n1Cc1ccc(-c2ccccc2-c2nnn[nH]2)cc1. The fourth-order valence-corrected chi connectivity index (χ4v) is 3.78. The fraction of sp³-hybridized carbons (Fsp3) is 0.217. The van der Waals surface area contributed by atoms with E-state index in [2.05, 4.69) is 72.4 Å². The van der Waals surface area contributed by atoms with Crippen LogP contribution in [0.5, 0.6) is 0 Å². The second-order valence-electron chi connectivity index (χ2n) is 7.41. The molecule has 31 heavy (non-hydrogen) atoms. The lowest BCUT2D eigenvalue weighted by atomic mass is 9.98. The highest BCUT2D eigenvalue weighted by Crippen LogP contribution is 2.30. The van der Waals surface area contributed by atoms with Crippen LogP contribution in [-0.2, 0) is 13.0 Å². The third-order valence-electron chi connectivity index (χ3n) is 5.35.